The number of fused-ring (bicyclic) bond motifs is 1. The lowest BCUT2D eigenvalue weighted by Crippen LogP contribution is -2.33. The summed E-state index contributed by atoms with van der Waals surface area (Å²) >= 11 is 1.40. The first-order valence-electron chi connectivity index (χ1n) is 8.64. The molecule has 0 bridgehead atoms. The lowest BCUT2D eigenvalue weighted by atomic mass is 10.2. The van der Waals surface area contributed by atoms with Crippen molar-refractivity contribution in [2.75, 3.05) is 11.9 Å². The third-order valence-corrected chi connectivity index (χ3v) is 5.15. The van der Waals surface area contributed by atoms with Crippen LogP contribution >= 0.6 is 11.3 Å². The molecule has 28 heavy (non-hydrogen) atoms. The summed E-state index contributed by atoms with van der Waals surface area (Å²) in [7, 11) is 1.68. The molecule has 0 aliphatic carbocycles. The van der Waals surface area contributed by atoms with Gasteiger partial charge < -0.3 is 9.64 Å². The van der Waals surface area contributed by atoms with E-state index in [4.69, 9.17) is 4.74 Å². The molecule has 4 rings (SSSR count). The van der Waals surface area contributed by atoms with E-state index in [0.29, 0.717) is 21.7 Å². The Hall–Kier alpha value is -3.45. The normalized spacial score (nSPS) is 10.8. The van der Waals surface area contributed by atoms with Gasteiger partial charge >= 0.3 is 0 Å². The van der Waals surface area contributed by atoms with E-state index in [9.17, 15) is 9.59 Å². The van der Waals surface area contributed by atoms with Gasteiger partial charge in [-0.3, -0.25) is 14.2 Å². The number of para-hydroxylation sites is 1. The first-order chi connectivity index (χ1) is 13.6. The minimum Gasteiger partial charge on any atom is -0.457 e. The Kier molecular flexibility index (Phi) is 4.90. The topological polar surface area (TPSA) is 64.4 Å². The van der Waals surface area contributed by atoms with Crippen LogP contribution in [0.1, 0.15) is 0 Å². The molecule has 4 aromatic rings. The van der Waals surface area contributed by atoms with Gasteiger partial charge in [-0.2, -0.15) is 0 Å². The maximum Gasteiger partial charge on any atom is 0.262 e. The van der Waals surface area contributed by atoms with Gasteiger partial charge in [0.2, 0.25) is 5.91 Å². The number of carbonyl (C=O) groups excluding carboxylic acids is 1. The molecule has 0 spiro atoms. The van der Waals surface area contributed by atoms with Crippen LogP contribution in [0.5, 0.6) is 11.5 Å². The fourth-order valence-electron chi connectivity index (χ4n) is 2.76. The fourth-order valence-corrected chi connectivity index (χ4v) is 3.49. The molecular weight excluding hydrogens is 374 g/mol. The second-order valence-corrected chi connectivity index (χ2v) is 7.07. The van der Waals surface area contributed by atoms with Crippen LogP contribution < -0.4 is 15.2 Å². The SMILES string of the molecule is CN(C(=O)Cn1cnc2sccc2c1=O)c1ccc(Oc2ccccc2)cc1. The second kappa shape index (κ2) is 7.66. The van der Waals surface area contributed by atoms with Crippen molar-refractivity contribution in [3.63, 3.8) is 0 Å². The highest BCUT2D eigenvalue weighted by atomic mass is 32.1. The minimum absolute atomic E-state index is 0.0730. The Morgan fingerprint density at radius 1 is 1.07 bits per heavy atom. The average Bonchev–Trinajstić information content (AvgIpc) is 3.20. The zero-order valence-electron chi connectivity index (χ0n) is 15.1. The van der Waals surface area contributed by atoms with Crippen molar-refractivity contribution in [1.29, 1.82) is 0 Å². The van der Waals surface area contributed by atoms with E-state index >= 15 is 0 Å². The Labute approximate surface area is 165 Å². The molecule has 1 amide bonds. The van der Waals surface area contributed by atoms with Crippen LogP contribution in [0.15, 0.2) is 77.2 Å². The molecule has 2 aromatic heterocycles. The van der Waals surface area contributed by atoms with Gasteiger partial charge in [0.05, 0.1) is 11.7 Å². The summed E-state index contributed by atoms with van der Waals surface area (Å²) in [6.07, 6.45) is 1.42. The van der Waals surface area contributed by atoms with E-state index in [1.807, 2.05) is 35.7 Å². The number of rotatable bonds is 5. The van der Waals surface area contributed by atoms with E-state index in [-0.39, 0.29) is 18.0 Å². The summed E-state index contributed by atoms with van der Waals surface area (Å²) in [5, 5.41) is 2.35. The quantitative estimate of drug-likeness (QED) is 0.517. The van der Waals surface area contributed by atoms with Crippen LogP contribution in [0.4, 0.5) is 5.69 Å². The van der Waals surface area contributed by atoms with Crippen LogP contribution in [0, 0.1) is 0 Å². The maximum atomic E-state index is 12.6. The molecule has 6 nitrogen and oxygen atoms in total. The van der Waals surface area contributed by atoms with Gasteiger partial charge in [-0.1, -0.05) is 18.2 Å². The van der Waals surface area contributed by atoms with E-state index < -0.39 is 0 Å². The van der Waals surface area contributed by atoms with Crippen LogP contribution in [0.25, 0.3) is 10.2 Å². The van der Waals surface area contributed by atoms with Crippen molar-refractivity contribution >= 4 is 33.1 Å². The molecule has 0 radical (unpaired) electrons. The molecule has 0 saturated carbocycles. The van der Waals surface area contributed by atoms with Gasteiger partial charge in [-0.25, -0.2) is 4.98 Å². The molecule has 0 saturated heterocycles. The van der Waals surface area contributed by atoms with Gasteiger partial charge in [0.1, 0.15) is 22.9 Å². The van der Waals surface area contributed by atoms with E-state index in [1.165, 1.54) is 27.1 Å². The van der Waals surface area contributed by atoms with Crippen molar-refractivity contribution in [2.24, 2.45) is 0 Å². The number of benzene rings is 2. The van der Waals surface area contributed by atoms with Gasteiger partial charge in [0.25, 0.3) is 5.56 Å². The number of likely N-dealkylation sites (N-methyl/N-ethyl adjacent to an activating group) is 1. The number of aromatic nitrogens is 2. The Morgan fingerprint density at radius 2 is 1.79 bits per heavy atom. The molecule has 0 fully saturated rings. The number of carbonyl (C=O) groups is 1. The number of hydrogen-bond acceptors (Lipinski definition) is 5. The fraction of sp³-hybridized carbons (Fsp3) is 0.0952. The van der Waals surface area contributed by atoms with Crippen LogP contribution in [-0.2, 0) is 11.3 Å². The summed E-state index contributed by atoms with van der Waals surface area (Å²) in [5.74, 6) is 1.21. The molecule has 2 heterocycles. The molecule has 0 aliphatic rings. The minimum atomic E-state index is -0.213. The van der Waals surface area contributed by atoms with Crippen molar-refractivity contribution in [3.05, 3.63) is 82.7 Å². The second-order valence-electron chi connectivity index (χ2n) is 6.18. The maximum absolute atomic E-state index is 12.6. The molecule has 2 aromatic carbocycles. The molecule has 0 unspecified atom stereocenters. The molecule has 0 atom stereocenters. The van der Waals surface area contributed by atoms with E-state index in [1.54, 1.807) is 37.4 Å². The van der Waals surface area contributed by atoms with Gasteiger partial charge in [-0.05, 0) is 47.8 Å². The van der Waals surface area contributed by atoms with Crippen LogP contribution in [-0.4, -0.2) is 22.5 Å². The van der Waals surface area contributed by atoms with E-state index in [0.717, 1.165) is 5.75 Å². The predicted molar refractivity (Wildman–Crippen MR) is 110 cm³/mol. The summed E-state index contributed by atoms with van der Waals surface area (Å²) < 4.78 is 7.10. The average molecular weight is 391 g/mol. The largest absolute Gasteiger partial charge is 0.457 e. The van der Waals surface area contributed by atoms with E-state index in [2.05, 4.69) is 4.98 Å². The highest BCUT2D eigenvalue weighted by molar-refractivity contribution is 7.16. The Morgan fingerprint density at radius 3 is 2.54 bits per heavy atom. The number of anilines is 1. The van der Waals surface area contributed by atoms with Gasteiger partial charge in [0, 0.05) is 12.7 Å². The van der Waals surface area contributed by atoms with Crippen molar-refractivity contribution in [2.45, 2.75) is 6.54 Å². The smallest absolute Gasteiger partial charge is 0.262 e. The van der Waals surface area contributed by atoms with Gasteiger partial charge in [-0.15, -0.1) is 11.3 Å². The molecule has 7 heteroatoms. The number of ether oxygens (including phenoxy) is 1. The third-order valence-electron chi connectivity index (χ3n) is 4.33. The summed E-state index contributed by atoms with van der Waals surface area (Å²) in [6.45, 7) is -0.0730. The Balaban J connectivity index is 1.47. The number of amides is 1. The first kappa shape index (κ1) is 17.9. The number of hydrogen-bond donors (Lipinski definition) is 0. The zero-order valence-corrected chi connectivity index (χ0v) is 15.9. The lowest BCUT2D eigenvalue weighted by molar-refractivity contribution is -0.118. The van der Waals surface area contributed by atoms with Gasteiger partial charge in [0.15, 0.2) is 0 Å². The molecule has 140 valence electrons. The standard InChI is InChI=1S/C21H17N3O3S/c1-23(15-7-9-17(10-8-15)27-16-5-3-2-4-6-16)19(25)13-24-14-22-20-18(21(24)26)11-12-28-20/h2-12,14H,13H2,1H3. The van der Waals surface area contributed by atoms with Crippen molar-refractivity contribution in [1.82, 2.24) is 9.55 Å². The Bertz CT molecular complexity index is 1170. The summed E-state index contributed by atoms with van der Waals surface area (Å²) in [6, 6.07) is 18.4. The highest BCUT2D eigenvalue weighted by Crippen LogP contribution is 2.24. The number of thiophene rings is 1. The molecule has 0 N–H and O–H groups in total. The predicted octanol–water partition coefficient (Wildman–Crippen LogP) is 3.91. The highest BCUT2D eigenvalue weighted by Gasteiger charge is 2.14. The number of nitrogens with zero attached hydrogens (tertiary/aromatic N) is 3. The molecule has 0 aliphatic heterocycles. The van der Waals surface area contributed by atoms with Crippen LogP contribution in [0.2, 0.25) is 0 Å². The van der Waals surface area contributed by atoms with Crippen molar-refractivity contribution < 1.29 is 9.53 Å². The first-order valence-corrected chi connectivity index (χ1v) is 9.52. The summed E-state index contributed by atoms with van der Waals surface area (Å²) in [5.41, 5.74) is 0.502. The lowest BCUT2D eigenvalue weighted by Gasteiger charge is -2.18. The van der Waals surface area contributed by atoms with Crippen molar-refractivity contribution in [3.8, 4) is 11.5 Å². The third kappa shape index (κ3) is 3.65. The van der Waals surface area contributed by atoms with Crippen LogP contribution in [0.3, 0.4) is 0 Å². The molecular formula is C21H17N3O3S. The zero-order chi connectivity index (χ0) is 19.5. The monoisotopic (exact) mass is 391 g/mol. The summed E-state index contributed by atoms with van der Waals surface area (Å²) in [4.78, 5) is 31.5.